The summed E-state index contributed by atoms with van der Waals surface area (Å²) >= 11 is 0. The van der Waals surface area contributed by atoms with Gasteiger partial charge in [-0.05, 0) is 24.3 Å². The van der Waals surface area contributed by atoms with Crippen LogP contribution in [0.5, 0.6) is 0 Å². The van der Waals surface area contributed by atoms with Crippen LogP contribution in [0.25, 0.3) is 55.8 Å². The van der Waals surface area contributed by atoms with Crippen LogP contribution in [0.15, 0.2) is 72.2 Å². The van der Waals surface area contributed by atoms with E-state index >= 15 is 0 Å². The van der Waals surface area contributed by atoms with Crippen molar-refractivity contribution in [2.75, 3.05) is 0 Å². The predicted octanol–water partition coefficient (Wildman–Crippen LogP) is 4.22. The van der Waals surface area contributed by atoms with Crippen LogP contribution >= 0.6 is 0 Å². The Kier molecular flexibility index (Phi) is 3.30. The molecular formula is C21H13N7O. The number of nitrogens with zero attached hydrogens (tertiary/aromatic N) is 5. The van der Waals surface area contributed by atoms with Gasteiger partial charge in [0.25, 0.3) is 0 Å². The first kappa shape index (κ1) is 15.7. The summed E-state index contributed by atoms with van der Waals surface area (Å²) in [6.45, 7) is 0. The zero-order valence-electron chi connectivity index (χ0n) is 15.0. The Labute approximate surface area is 163 Å². The molecule has 0 fully saturated rings. The lowest BCUT2D eigenvalue weighted by atomic mass is 10.1. The van der Waals surface area contributed by atoms with Crippen molar-refractivity contribution >= 4 is 21.8 Å². The van der Waals surface area contributed by atoms with E-state index < -0.39 is 0 Å². The lowest BCUT2D eigenvalue weighted by Gasteiger charge is -1.99. The summed E-state index contributed by atoms with van der Waals surface area (Å²) in [6.07, 6.45) is 11.9. The lowest BCUT2D eigenvalue weighted by molar-refractivity contribution is 0.568. The van der Waals surface area contributed by atoms with E-state index in [9.17, 15) is 0 Å². The van der Waals surface area contributed by atoms with Gasteiger partial charge in [-0.1, -0.05) is 0 Å². The van der Waals surface area contributed by atoms with Crippen LogP contribution in [0.4, 0.5) is 0 Å². The minimum Gasteiger partial charge on any atom is -0.472 e. The molecule has 8 nitrogen and oxygen atoms in total. The maximum absolute atomic E-state index is 5.22. The van der Waals surface area contributed by atoms with Crippen molar-refractivity contribution in [3.05, 3.63) is 67.8 Å². The second kappa shape index (κ2) is 6.10. The average molecular weight is 379 g/mol. The summed E-state index contributed by atoms with van der Waals surface area (Å²) in [5.41, 5.74) is 6.77. The fourth-order valence-corrected chi connectivity index (χ4v) is 3.50. The number of pyridine rings is 2. The molecule has 0 bridgehead atoms. The van der Waals surface area contributed by atoms with Crippen LogP contribution in [-0.2, 0) is 0 Å². The number of hydrogen-bond acceptors (Lipinski definition) is 6. The molecule has 29 heavy (non-hydrogen) atoms. The van der Waals surface area contributed by atoms with Crippen LogP contribution in [0.3, 0.4) is 0 Å². The van der Waals surface area contributed by atoms with Crippen molar-refractivity contribution < 1.29 is 4.42 Å². The maximum Gasteiger partial charge on any atom is 0.116 e. The van der Waals surface area contributed by atoms with Crippen LogP contribution < -0.4 is 0 Å². The Hall–Kier alpha value is -4.33. The van der Waals surface area contributed by atoms with E-state index in [1.807, 2.05) is 18.2 Å². The van der Waals surface area contributed by atoms with Gasteiger partial charge in [0, 0.05) is 40.4 Å². The number of nitrogens with one attached hydrogen (secondary N) is 2. The first-order chi connectivity index (χ1) is 14.4. The molecule has 138 valence electrons. The first-order valence-corrected chi connectivity index (χ1v) is 8.98. The molecule has 6 aromatic heterocycles. The molecule has 2 N–H and O–H groups in total. The van der Waals surface area contributed by atoms with Gasteiger partial charge in [0.15, 0.2) is 0 Å². The van der Waals surface area contributed by atoms with E-state index in [-0.39, 0.29) is 0 Å². The molecule has 6 heterocycles. The van der Waals surface area contributed by atoms with Crippen molar-refractivity contribution in [2.45, 2.75) is 0 Å². The zero-order chi connectivity index (χ0) is 19.2. The number of furan rings is 1. The van der Waals surface area contributed by atoms with Crippen LogP contribution in [0.2, 0.25) is 0 Å². The second-order valence-electron chi connectivity index (χ2n) is 6.59. The highest BCUT2D eigenvalue weighted by Gasteiger charge is 2.15. The SMILES string of the molecule is c1cnc(-c2cc3c(-c4cc5c(-c6ccoc6)nccc5[nH]4)n[nH]c3cn2)cn1. The van der Waals surface area contributed by atoms with Gasteiger partial charge in [-0.3, -0.25) is 25.0 Å². The van der Waals surface area contributed by atoms with Crippen molar-refractivity contribution in [3.8, 4) is 34.0 Å². The third kappa shape index (κ3) is 2.50. The predicted molar refractivity (Wildman–Crippen MR) is 108 cm³/mol. The van der Waals surface area contributed by atoms with Gasteiger partial charge in [0.05, 0.1) is 47.5 Å². The fourth-order valence-electron chi connectivity index (χ4n) is 3.50. The average Bonchev–Trinajstić information content (AvgIpc) is 3.52. The highest BCUT2D eigenvalue weighted by atomic mass is 16.3. The van der Waals surface area contributed by atoms with E-state index in [0.29, 0.717) is 5.69 Å². The molecule has 6 rings (SSSR count). The maximum atomic E-state index is 5.22. The molecule has 0 saturated heterocycles. The molecule has 0 aliphatic rings. The van der Waals surface area contributed by atoms with Gasteiger partial charge in [-0.15, -0.1) is 0 Å². The zero-order valence-corrected chi connectivity index (χ0v) is 15.0. The van der Waals surface area contributed by atoms with E-state index in [4.69, 9.17) is 4.42 Å². The molecule has 0 radical (unpaired) electrons. The van der Waals surface area contributed by atoms with Gasteiger partial charge in [0.2, 0.25) is 0 Å². The number of aromatic amines is 2. The van der Waals surface area contributed by atoms with E-state index in [1.165, 1.54) is 0 Å². The molecule has 0 atom stereocenters. The van der Waals surface area contributed by atoms with E-state index in [0.717, 1.165) is 50.1 Å². The van der Waals surface area contributed by atoms with E-state index in [2.05, 4.69) is 41.2 Å². The minimum atomic E-state index is 0.713. The van der Waals surface area contributed by atoms with Gasteiger partial charge < -0.3 is 9.40 Å². The number of H-pyrrole nitrogens is 2. The Morgan fingerprint density at radius 2 is 1.76 bits per heavy atom. The fraction of sp³-hybridized carbons (Fsp3) is 0. The minimum absolute atomic E-state index is 0.713. The van der Waals surface area contributed by atoms with Crippen LogP contribution in [0, 0.1) is 0 Å². The third-order valence-electron chi connectivity index (χ3n) is 4.87. The molecule has 8 heteroatoms. The number of fused-ring (bicyclic) bond motifs is 2. The third-order valence-corrected chi connectivity index (χ3v) is 4.87. The van der Waals surface area contributed by atoms with Gasteiger partial charge in [0.1, 0.15) is 11.4 Å². The smallest absolute Gasteiger partial charge is 0.116 e. The molecule has 0 aromatic carbocycles. The monoisotopic (exact) mass is 379 g/mol. The molecule has 0 aliphatic carbocycles. The highest BCUT2D eigenvalue weighted by molar-refractivity contribution is 6.00. The van der Waals surface area contributed by atoms with Crippen LogP contribution in [0.1, 0.15) is 0 Å². The largest absolute Gasteiger partial charge is 0.472 e. The van der Waals surface area contributed by atoms with Crippen molar-refractivity contribution in [2.24, 2.45) is 0 Å². The van der Waals surface area contributed by atoms with Crippen molar-refractivity contribution in [1.82, 2.24) is 35.1 Å². The lowest BCUT2D eigenvalue weighted by Crippen LogP contribution is -1.88. The molecule has 0 spiro atoms. The molecule has 0 amide bonds. The molecule has 0 saturated carbocycles. The summed E-state index contributed by atoms with van der Waals surface area (Å²) in [5, 5.41) is 9.52. The topological polar surface area (TPSA) is 109 Å². The quantitative estimate of drug-likeness (QED) is 0.476. The number of rotatable bonds is 3. The molecular weight excluding hydrogens is 366 g/mol. The Morgan fingerprint density at radius 1 is 0.793 bits per heavy atom. The van der Waals surface area contributed by atoms with Gasteiger partial charge in [-0.2, -0.15) is 5.10 Å². The highest BCUT2D eigenvalue weighted by Crippen LogP contribution is 2.33. The summed E-state index contributed by atoms with van der Waals surface area (Å²) in [6, 6.07) is 7.88. The molecule has 6 aromatic rings. The number of hydrogen-bond donors (Lipinski definition) is 2. The summed E-state index contributed by atoms with van der Waals surface area (Å²) in [7, 11) is 0. The second-order valence-corrected chi connectivity index (χ2v) is 6.59. The van der Waals surface area contributed by atoms with Crippen LogP contribution in [-0.4, -0.2) is 35.1 Å². The van der Waals surface area contributed by atoms with Gasteiger partial charge >= 0.3 is 0 Å². The first-order valence-electron chi connectivity index (χ1n) is 8.98. The summed E-state index contributed by atoms with van der Waals surface area (Å²) in [5.74, 6) is 0. The Morgan fingerprint density at radius 3 is 2.62 bits per heavy atom. The van der Waals surface area contributed by atoms with Gasteiger partial charge in [-0.25, -0.2) is 0 Å². The molecule has 0 aliphatic heterocycles. The van der Waals surface area contributed by atoms with E-state index in [1.54, 1.807) is 43.5 Å². The number of aromatic nitrogens is 7. The van der Waals surface area contributed by atoms with Crippen molar-refractivity contribution in [3.63, 3.8) is 0 Å². The summed E-state index contributed by atoms with van der Waals surface area (Å²) in [4.78, 5) is 20.9. The standard InChI is InChI=1S/C21H13N7O/c1-3-24-20(12-2-6-29-11-12)13-8-17(26-15(1)13)21-14-7-16(19-9-22-4-5-23-19)25-10-18(14)27-28-21/h1-11,26H,(H,27,28). The summed E-state index contributed by atoms with van der Waals surface area (Å²) < 4.78 is 5.22. The normalized spacial score (nSPS) is 11.4. The Balaban J connectivity index is 1.53. The Bertz CT molecular complexity index is 1450. The molecule has 0 unspecified atom stereocenters. The van der Waals surface area contributed by atoms with Crippen molar-refractivity contribution in [1.29, 1.82) is 0 Å².